The smallest absolute Gasteiger partial charge is 0.220 e. The first-order valence-electron chi connectivity index (χ1n) is 5.53. The lowest BCUT2D eigenvalue weighted by Crippen LogP contribution is -2.18. The maximum absolute atomic E-state index is 11.0. The van der Waals surface area contributed by atoms with Crippen molar-refractivity contribution in [3.8, 4) is 0 Å². The lowest BCUT2D eigenvalue weighted by Gasteiger charge is -2.14. The van der Waals surface area contributed by atoms with Gasteiger partial charge >= 0.3 is 0 Å². The zero-order chi connectivity index (χ0) is 12.3. The van der Waals surface area contributed by atoms with E-state index in [0.29, 0.717) is 11.8 Å². The normalized spacial score (nSPS) is 13.4. The van der Waals surface area contributed by atoms with E-state index in [4.69, 9.17) is 10.2 Å². The lowest BCUT2D eigenvalue weighted by molar-refractivity contribution is -0.118. The highest BCUT2D eigenvalue weighted by Crippen LogP contribution is 2.27. The van der Waals surface area contributed by atoms with Crippen molar-refractivity contribution in [2.24, 2.45) is 11.7 Å². The molecule has 0 radical (unpaired) electrons. The molecule has 0 saturated heterocycles. The van der Waals surface area contributed by atoms with E-state index in [9.17, 15) is 4.79 Å². The fraction of sp³-hybridized carbons (Fsp3) is 0.727. The van der Waals surface area contributed by atoms with Crippen LogP contribution in [0.3, 0.4) is 0 Å². The molecule has 1 aromatic rings. The van der Waals surface area contributed by atoms with E-state index in [2.05, 4.69) is 10.2 Å². The molecule has 0 aliphatic rings. The molecular formula is C11H19N3O2. The molecule has 1 amide bonds. The number of amides is 1. The van der Waals surface area contributed by atoms with Gasteiger partial charge in [0.05, 0.1) is 0 Å². The van der Waals surface area contributed by atoms with Crippen LogP contribution < -0.4 is 5.73 Å². The molecule has 0 spiro atoms. The van der Waals surface area contributed by atoms with Crippen molar-refractivity contribution in [2.45, 2.75) is 46.0 Å². The average molecular weight is 225 g/mol. The molecule has 0 aromatic carbocycles. The second-order valence-electron chi connectivity index (χ2n) is 4.65. The predicted molar refractivity (Wildman–Crippen MR) is 59.8 cm³/mol. The van der Waals surface area contributed by atoms with Crippen molar-refractivity contribution in [1.82, 2.24) is 10.2 Å². The van der Waals surface area contributed by atoms with Gasteiger partial charge in [-0.1, -0.05) is 27.7 Å². The van der Waals surface area contributed by atoms with Gasteiger partial charge in [-0.2, -0.15) is 0 Å². The second-order valence-corrected chi connectivity index (χ2v) is 4.65. The van der Waals surface area contributed by atoms with Crippen LogP contribution in [-0.4, -0.2) is 16.1 Å². The number of carbonyl (C=O) groups is 1. The molecule has 1 aromatic heterocycles. The van der Waals surface area contributed by atoms with E-state index in [1.807, 2.05) is 27.7 Å². The van der Waals surface area contributed by atoms with Crippen LogP contribution in [-0.2, 0) is 4.79 Å². The zero-order valence-corrected chi connectivity index (χ0v) is 10.2. The third-order valence-electron chi connectivity index (χ3n) is 2.49. The summed E-state index contributed by atoms with van der Waals surface area (Å²) in [6, 6.07) is 0. The van der Waals surface area contributed by atoms with Gasteiger partial charge in [-0.25, -0.2) is 0 Å². The highest BCUT2D eigenvalue weighted by Gasteiger charge is 2.24. The van der Waals surface area contributed by atoms with Gasteiger partial charge in [-0.3, -0.25) is 4.79 Å². The molecule has 5 nitrogen and oxygen atoms in total. The molecule has 16 heavy (non-hydrogen) atoms. The van der Waals surface area contributed by atoms with E-state index in [-0.39, 0.29) is 30.1 Å². The Morgan fingerprint density at radius 2 is 1.81 bits per heavy atom. The van der Waals surface area contributed by atoms with Gasteiger partial charge < -0.3 is 10.2 Å². The number of aromatic nitrogens is 2. The predicted octanol–water partition coefficient (Wildman–Crippen LogP) is 1.81. The average Bonchev–Trinajstić information content (AvgIpc) is 2.61. The number of hydrogen-bond acceptors (Lipinski definition) is 4. The Bertz CT molecular complexity index is 358. The van der Waals surface area contributed by atoms with Gasteiger partial charge in [0.15, 0.2) is 0 Å². The minimum absolute atomic E-state index is 0.0856. The van der Waals surface area contributed by atoms with Crippen LogP contribution in [0.5, 0.6) is 0 Å². The van der Waals surface area contributed by atoms with Gasteiger partial charge in [0, 0.05) is 18.3 Å². The number of primary amides is 1. The minimum Gasteiger partial charge on any atom is -0.425 e. The summed E-state index contributed by atoms with van der Waals surface area (Å²) >= 11 is 0. The number of nitrogens with zero attached hydrogens (tertiary/aromatic N) is 2. The molecule has 2 N–H and O–H groups in total. The van der Waals surface area contributed by atoms with Crippen LogP contribution in [0, 0.1) is 5.92 Å². The molecule has 5 heteroatoms. The van der Waals surface area contributed by atoms with E-state index in [1.54, 1.807) is 0 Å². The first-order chi connectivity index (χ1) is 7.41. The fourth-order valence-electron chi connectivity index (χ4n) is 1.45. The van der Waals surface area contributed by atoms with Crippen molar-refractivity contribution < 1.29 is 9.21 Å². The molecule has 0 fully saturated rings. The first kappa shape index (κ1) is 12.7. The maximum atomic E-state index is 11.0. The van der Waals surface area contributed by atoms with Gasteiger partial charge in [0.2, 0.25) is 17.7 Å². The third kappa shape index (κ3) is 3.05. The van der Waals surface area contributed by atoms with Gasteiger partial charge in [-0.05, 0) is 5.92 Å². The van der Waals surface area contributed by atoms with Crippen LogP contribution in [0.15, 0.2) is 4.42 Å². The largest absolute Gasteiger partial charge is 0.425 e. The Morgan fingerprint density at radius 3 is 2.19 bits per heavy atom. The molecule has 0 saturated carbocycles. The van der Waals surface area contributed by atoms with Gasteiger partial charge in [0.25, 0.3) is 0 Å². The fourth-order valence-corrected chi connectivity index (χ4v) is 1.45. The van der Waals surface area contributed by atoms with E-state index < -0.39 is 0 Å². The summed E-state index contributed by atoms with van der Waals surface area (Å²) in [6.07, 6.45) is 0.247. The molecule has 0 aliphatic heterocycles. The Kier molecular flexibility index (Phi) is 4.04. The summed E-state index contributed by atoms with van der Waals surface area (Å²) in [7, 11) is 0. The summed E-state index contributed by atoms with van der Waals surface area (Å²) in [5.74, 6) is 1.12. The summed E-state index contributed by atoms with van der Waals surface area (Å²) in [4.78, 5) is 11.0. The van der Waals surface area contributed by atoms with Crippen LogP contribution in [0.2, 0.25) is 0 Å². The number of carbonyl (C=O) groups excluding carboxylic acids is 1. The van der Waals surface area contributed by atoms with Crippen LogP contribution >= 0.6 is 0 Å². The van der Waals surface area contributed by atoms with Crippen molar-refractivity contribution in [2.75, 3.05) is 0 Å². The van der Waals surface area contributed by atoms with E-state index >= 15 is 0 Å². The first-order valence-corrected chi connectivity index (χ1v) is 5.53. The van der Waals surface area contributed by atoms with E-state index in [0.717, 1.165) is 0 Å². The molecule has 0 aliphatic carbocycles. The maximum Gasteiger partial charge on any atom is 0.220 e. The van der Waals surface area contributed by atoms with Crippen molar-refractivity contribution in [1.29, 1.82) is 0 Å². The van der Waals surface area contributed by atoms with Crippen LogP contribution in [0.4, 0.5) is 0 Å². The zero-order valence-electron chi connectivity index (χ0n) is 10.2. The van der Waals surface area contributed by atoms with E-state index in [1.165, 1.54) is 0 Å². The van der Waals surface area contributed by atoms with Crippen molar-refractivity contribution in [3.63, 3.8) is 0 Å². The number of rotatable bonds is 5. The Morgan fingerprint density at radius 1 is 1.25 bits per heavy atom. The van der Waals surface area contributed by atoms with Crippen molar-refractivity contribution >= 4 is 5.91 Å². The highest BCUT2D eigenvalue weighted by atomic mass is 16.4. The molecule has 90 valence electrons. The van der Waals surface area contributed by atoms with Gasteiger partial charge in [-0.15, -0.1) is 10.2 Å². The molecular weight excluding hydrogens is 206 g/mol. The third-order valence-corrected chi connectivity index (χ3v) is 2.49. The monoisotopic (exact) mass is 225 g/mol. The van der Waals surface area contributed by atoms with Gasteiger partial charge in [0.1, 0.15) is 0 Å². The number of nitrogens with two attached hydrogens (primary N) is 1. The summed E-state index contributed by atoms with van der Waals surface area (Å²) in [6.45, 7) is 7.98. The molecule has 1 rings (SSSR count). The Hall–Kier alpha value is -1.39. The van der Waals surface area contributed by atoms with Crippen LogP contribution in [0.25, 0.3) is 0 Å². The minimum atomic E-state index is -0.344. The Labute approximate surface area is 95.4 Å². The molecule has 1 atom stereocenters. The topological polar surface area (TPSA) is 82.0 Å². The quantitative estimate of drug-likeness (QED) is 0.828. The summed E-state index contributed by atoms with van der Waals surface area (Å²) in [5.41, 5.74) is 5.21. The Balaban J connectivity index is 2.88. The standard InChI is InChI=1S/C11H19N3O2/c1-6(2)8(5-9(12)15)11-14-13-10(16-11)7(3)4/h6-8H,5H2,1-4H3,(H2,12,15). The van der Waals surface area contributed by atoms with Crippen molar-refractivity contribution in [3.05, 3.63) is 11.8 Å². The SMILES string of the molecule is CC(C)c1nnc(C(CC(N)=O)C(C)C)o1. The summed E-state index contributed by atoms with van der Waals surface area (Å²) in [5, 5.41) is 7.95. The molecule has 0 bridgehead atoms. The molecule has 1 heterocycles. The summed E-state index contributed by atoms with van der Waals surface area (Å²) < 4.78 is 5.54. The highest BCUT2D eigenvalue weighted by molar-refractivity contribution is 5.74. The number of hydrogen-bond donors (Lipinski definition) is 1. The molecule has 1 unspecified atom stereocenters. The second kappa shape index (κ2) is 5.09. The van der Waals surface area contributed by atoms with Crippen LogP contribution in [0.1, 0.15) is 57.7 Å². The lowest BCUT2D eigenvalue weighted by atomic mass is 9.92.